The van der Waals surface area contributed by atoms with E-state index in [9.17, 15) is 80.5 Å². The van der Waals surface area contributed by atoms with Crippen LogP contribution < -0.4 is 14.2 Å². The maximum Gasteiger partial charge on any atom is 0.331 e. The Morgan fingerprint density at radius 2 is 1.19 bits per heavy atom. The van der Waals surface area contributed by atoms with Crippen LogP contribution in [0.1, 0.15) is 126 Å². The van der Waals surface area contributed by atoms with Crippen LogP contribution in [0.4, 0.5) is 0 Å². The number of carbonyl (C=O) groups excluding carboxylic acids is 4. The molecular formula is C70H102O31. The monoisotopic (exact) mass is 1440 g/mol. The molecular weight excluding hydrogens is 1340 g/mol. The van der Waals surface area contributed by atoms with Gasteiger partial charge in [0.25, 0.3) is 0 Å². The summed E-state index contributed by atoms with van der Waals surface area (Å²) in [6.07, 6.45) is -32.2. The van der Waals surface area contributed by atoms with E-state index in [-0.39, 0.29) is 49.4 Å². The van der Waals surface area contributed by atoms with Crippen molar-refractivity contribution in [3.05, 3.63) is 35.4 Å². The molecule has 8 fully saturated rings. The lowest BCUT2D eigenvalue weighted by atomic mass is 9.33. The molecule has 5 aliphatic carbocycles. The number of carboxylic acids is 1. The molecule has 4 heterocycles. The van der Waals surface area contributed by atoms with E-state index in [0.29, 0.717) is 31.2 Å². The highest BCUT2D eigenvalue weighted by Gasteiger charge is 2.74. The number of allylic oxidation sites excluding steroid dienone is 1. The SMILES string of the molecule is COc1cc(/C=C/C(=O)O[C@@H]2[C@H](O[C@@H]3O[C@H](COC(C)=O)[C@H](O)[C@H](O)[C@H]3O)[C@@H](O[C@@H]3O[C@@H](C)[C@H](O)[C@@H](OC(C)=O)[C@H]3O)[C@H](OC(=O)[C@]34CCC(C)(C)C[C@H]3C3=CC[C@@H]5[C@@]6(C)C[C@H](O)[C@H](O[C@@H]7O[C@H](CO)[C@@H](O)[C@H](O)[C@H]7O)[C@@](C)(C(=O)O)[C@@H]6CC[C@@]5(C)[C@]3(CO)CC4)O[C@@H]2C)cc(OC)c1OC. The van der Waals surface area contributed by atoms with Crippen molar-refractivity contribution in [1.29, 1.82) is 0 Å². The van der Waals surface area contributed by atoms with Crippen molar-refractivity contribution in [3.8, 4) is 17.2 Å². The van der Waals surface area contributed by atoms with E-state index in [1.807, 2.05) is 13.0 Å². The Hall–Kier alpha value is -5.27. The van der Waals surface area contributed by atoms with Crippen LogP contribution in [0.5, 0.6) is 17.2 Å². The molecule has 0 radical (unpaired) electrons. The van der Waals surface area contributed by atoms with Crippen molar-refractivity contribution in [2.75, 3.05) is 41.2 Å². The van der Waals surface area contributed by atoms with Crippen molar-refractivity contribution in [2.24, 2.45) is 50.2 Å². The second-order valence-corrected chi connectivity index (χ2v) is 30.5. The van der Waals surface area contributed by atoms with E-state index in [2.05, 4.69) is 20.8 Å². The van der Waals surface area contributed by atoms with Gasteiger partial charge in [-0.25, -0.2) is 4.79 Å². The lowest BCUT2D eigenvalue weighted by Crippen LogP contribution is -2.71. The molecule has 4 saturated carbocycles. The van der Waals surface area contributed by atoms with Crippen LogP contribution in [0.15, 0.2) is 29.9 Å². The van der Waals surface area contributed by atoms with Crippen LogP contribution in [0, 0.1) is 50.2 Å². The molecule has 10 rings (SSSR count). The van der Waals surface area contributed by atoms with Crippen molar-refractivity contribution in [1.82, 2.24) is 0 Å². The van der Waals surface area contributed by atoms with Gasteiger partial charge in [-0.3, -0.25) is 19.2 Å². The Bertz CT molecular complexity index is 3210. The maximum absolute atomic E-state index is 16.3. The van der Waals surface area contributed by atoms with E-state index in [4.69, 9.17) is 66.3 Å². The first kappa shape index (κ1) is 78.3. The number of aliphatic hydroxyl groups is 11. The average Bonchev–Trinajstić information content (AvgIpc) is 0.671. The lowest BCUT2D eigenvalue weighted by Gasteiger charge is -2.71. The van der Waals surface area contributed by atoms with Gasteiger partial charge in [-0.1, -0.05) is 39.3 Å². The Morgan fingerprint density at radius 1 is 0.594 bits per heavy atom. The summed E-state index contributed by atoms with van der Waals surface area (Å²) in [6, 6.07) is 3.09. The minimum atomic E-state index is -2.13. The molecule has 1 aromatic carbocycles. The molecule has 0 unspecified atom stereocenters. The summed E-state index contributed by atoms with van der Waals surface area (Å²) in [6.45, 7) is 12.7. The minimum Gasteiger partial charge on any atom is -0.493 e. The molecule has 30 atom stereocenters. The number of benzene rings is 1. The van der Waals surface area contributed by atoms with Crippen LogP contribution in [0.2, 0.25) is 0 Å². The zero-order chi connectivity index (χ0) is 74.1. The number of ether oxygens (including phenoxy) is 14. The average molecular weight is 1440 g/mol. The van der Waals surface area contributed by atoms with Crippen LogP contribution in [-0.4, -0.2) is 267 Å². The van der Waals surface area contributed by atoms with Gasteiger partial charge in [-0.2, -0.15) is 0 Å². The molecule has 101 heavy (non-hydrogen) atoms. The Labute approximate surface area is 584 Å². The Kier molecular flexibility index (Phi) is 23.2. The molecule has 0 spiro atoms. The molecule has 0 bridgehead atoms. The Morgan fingerprint density at radius 3 is 1.78 bits per heavy atom. The third kappa shape index (κ3) is 13.9. The van der Waals surface area contributed by atoms with E-state index in [1.54, 1.807) is 12.1 Å². The number of aliphatic hydroxyl groups excluding tert-OH is 11. The molecule has 12 N–H and O–H groups in total. The molecule has 0 amide bonds. The standard InChI is InChI=1S/C70H102O31/c1-30-45(77)55(94-33(4)74)52(84)61(92-30)99-57-56(98-59-50(82)49(81)47(79)41(96-59)28-91-32(3)73)53(97-44(76)16-13-34-23-38(88-10)54(90-12)39(24-34)89-11)31(2)93-62(57)101-64(87)69-20-19-65(5,6)25-36(69)35-14-15-42-66(7)26-37(75)58(100-60-51(83)48(80)46(78)40(27-71)95-60)68(9,63(85)86)43(66)17-18-67(42,8)70(35,29-72)22-21-69/h13-14,16,23-24,30-31,36-37,40-43,45-53,55-62,71-72,75,77-84H,15,17-22,25-29H2,1-12H3,(H,85,86)/b16-13+/t30-,31+,36-,37-,40+,41+,42+,43+,45-,46+,47-,48-,49-,50+,51+,52+,53-,55+,56-,57+,58-,59-,60-,61-,62-,66+,67+,68-,69-,70-/m0/s1. The number of hydrogen-bond acceptors (Lipinski definition) is 30. The van der Waals surface area contributed by atoms with Gasteiger partial charge >= 0.3 is 29.8 Å². The minimum absolute atomic E-state index is 0.0180. The fraction of sp³-hybridized carbons (Fsp3) is 0.786. The molecule has 0 aromatic heterocycles. The molecule has 31 heteroatoms. The van der Waals surface area contributed by atoms with E-state index in [0.717, 1.165) is 25.5 Å². The summed E-state index contributed by atoms with van der Waals surface area (Å²) in [5.74, 6) is -5.96. The van der Waals surface area contributed by atoms with Gasteiger partial charge in [0, 0.05) is 25.3 Å². The summed E-state index contributed by atoms with van der Waals surface area (Å²) in [5.41, 5.74) is -5.48. The first-order valence-corrected chi connectivity index (χ1v) is 34.5. The van der Waals surface area contributed by atoms with Gasteiger partial charge in [-0.05, 0) is 136 Å². The van der Waals surface area contributed by atoms with Gasteiger partial charge in [0.2, 0.25) is 12.0 Å². The molecule has 4 aliphatic heterocycles. The second-order valence-electron chi connectivity index (χ2n) is 30.5. The number of carbonyl (C=O) groups is 5. The van der Waals surface area contributed by atoms with E-state index < -0.39 is 235 Å². The normalized spacial score (nSPS) is 44.9. The zero-order valence-corrected chi connectivity index (χ0v) is 58.9. The third-order valence-corrected chi connectivity index (χ3v) is 24.2. The molecule has 9 aliphatic rings. The second kappa shape index (κ2) is 29.9. The number of hydrogen-bond donors (Lipinski definition) is 12. The van der Waals surface area contributed by atoms with Gasteiger partial charge in [0.1, 0.15) is 79.9 Å². The zero-order valence-electron chi connectivity index (χ0n) is 58.9. The molecule has 4 saturated heterocycles. The first-order chi connectivity index (χ1) is 47.5. The fourth-order valence-corrected chi connectivity index (χ4v) is 18.8. The predicted octanol–water partition coefficient (Wildman–Crippen LogP) is 0.460. The first-order valence-electron chi connectivity index (χ1n) is 34.5. The summed E-state index contributed by atoms with van der Waals surface area (Å²) in [5, 5.41) is 136. The maximum atomic E-state index is 16.3. The summed E-state index contributed by atoms with van der Waals surface area (Å²) < 4.78 is 83.9. The van der Waals surface area contributed by atoms with Crippen LogP contribution in [-0.2, 0) is 76.1 Å². The topological polar surface area (TPSA) is 457 Å². The summed E-state index contributed by atoms with van der Waals surface area (Å²) >= 11 is 0. The number of rotatable bonds is 20. The smallest absolute Gasteiger partial charge is 0.331 e. The van der Waals surface area contributed by atoms with Gasteiger partial charge in [-0.15, -0.1) is 0 Å². The summed E-state index contributed by atoms with van der Waals surface area (Å²) in [4.78, 5) is 69.3. The van der Waals surface area contributed by atoms with E-state index in [1.165, 1.54) is 48.2 Å². The number of aliphatic carboxylic acids is 1. The number of methoxy groups -OCH3 is 3. The van der Waals surface area contributed by atoms with Gasteiger partial charge in [0.15, 0.2) is 48.7 Å². The van der Waals surface area contributed by atoms with Crippen LogP contribution in [0.3, 0.4) is 0 Å². The van der Waals surface area contributed by atoms with E-state index >= 15 is 4.79 Å². The number of fused-ring (bicyclic) bond motifs is 7. The third-order valence-electron chi connectivity index (χ3n) is 24.2. The van der Waals surface area contributed by atoms with Gasteiger partial charge < -0.3 is 128 Å². The highest BCUT2D eigenvalue weighted by molar-refractivity contribution is 5.87. The highest BCUT2D eigenvalue weighted by Crippen LogP contribution is 2.76. The Balaban J connectivity index is 1.03. The fourth-order valence-electron chi connectivity index (χ4n) is 18.8. The van der Waals surface area contributed by atoms with Crippen LogP contribution >= 0.6 is 0 Å². The summed E-state index contributed by atoms with van der Waals surface area (Å²) in [7, 11) is 4.21. The quantitative estimate of drug-likeness (QED) is 0.0277. The molecule has 1 aromatic rings. The largest absolute Gasteiger partial charge is 0.493 e. The highest BCUT2D eigenvalue weighted by atomic mass is 16.8. The van der Waals surface area contributed by atoms with Crippen LogP contribution in [0.25, 0.3) is 6.08 Å². The van der Waals surface area contributed by atoms with Crippen molar-refractivity contribution >= 4 is 35.9 Å². The lowest BCUT2D eigenvalue weighted by molar-refractivity contribution is -0.385. The van der Waals surface area contributed by atoms with Gasteiger partial charge in [0.05, 0.1) is 63.7 Å². The number of carboxylic acid groups (broad SMARTS) is 1. The molecule has 568 valence electrons. The van der Waals surface area contributed by atoms with Crippen molar-refractivity contribution < 1.29 is 152 Å². The predicted molar refractivity (Wildman–Crippen MR) is 343 cm³/mol. The van der Waals surface area contributed by atoms with Crippen molar-refractivity contribution in [3.63, 3.8) is 0 Å². The number of esters is 4. The van der Waals surface area contributed by atoms with Crippen molar-refractivity contribution in [2.45, 2.75) is 255 Å². The molecule has 31 nitrogen and oxygen atoms in total.